The van der Waals surface area contributed by atoms with E-state index in [1.165, 1.54) is 0 Å². The molecular formula is C5H9ClO3. The summed E-state index contributed by atoms with van der Waals surface area (Å²) < 4.78 is 0. The highest BCUT2D eigenvalue weighted by atomic mass is 35.5. The number of aliphatic carboxylic acids is 1. The van der Waals surface area contributed by atoms with E-state index in [0.29, 0.717) is 0 Å². The van der Waals surface area contributed by atoms with Crippen LogP contribution in [0.25, 0.3) is 0 Å². The van der Waals surface area contributed by atoms with Crippen LogP contribution in [-0.4, -0.2) is 16.3 Å². The van der Waals surface area contributed by atoms with Crippen molar-refractivity contribution in [1.29, 1.82) is 0 Å². The van der Waals surface area contributed by atoms with Gasteiger partial charge in [0.1, 0.15) is 0 Å². The van der Waals surface area contributed by atoms with Gasteiger partial charge in [-0.15, -0.1) is 0 Å². The fraction of sp³-hybridized carbons (Fsp3) is 0.600. The molecule has 0 aliphatic heterocycles. The largest absolute Gasteiger partial charge is 0.481 e. The molecule has 0 atom stereocenters. The molecule has 1 N–H and O–H groups in total. The van der Waals surface area contributed by atoms with Crippen LogP contribution in [0.15, 0.2) is 0 Å². The third-order valence-corrected chi connectivity index (χ3v) is 0.724. The molecule has 0 amide bonds. The normalized spacial score (nSPS) is 7.67. The van der Waals surface area contributed by atoms with Crippen molar-refractivity contribution in [2.75, 3.05) is 0 Å². The molecule has 0 aromatic carbocycles. The summed E-state index contributed by atoms with van der Waals surface area (Å²) in [4.78, 5) is 19.5. The lowest BCUT2D eigenvalue weighted by Gasteiger charge is -1.84. The van der Waals surface area contributed by atoms with E-state index in [-0.39, 0.29) is 20.3 Å². The first-order chi connectivity index (χ1) is 3.63. The molecule has 0 aliphatic rings. The minimum Gasteiger partial charge on any atom is -0.481 e. The molecule has 0 rings (SSSR count). The zero-order chi connectivity index (χ0) is 6.57. The molecule has 0 aromatic rings. The summed E-state index contributed by atoms with van der Waals surface area (Å²) in [5.41, 5.74) is 0. The minimum absolute atomic E-state index is 0. The first-order valence-electron chi connectivity index (χ1n) is 2.03. The van der Waals surface area contributed by atoms with Crippen molar-refractivity contribution in [2.24, 2.45) is 0 Å². The maximum absolute atomic E-state index is 9.85. The number of hydrogen-bond donors (Lipinski definition) is 1. The van der Waals surface area contributed by atoms with Crippen molar-refractivity contribution >= 4 is 22.8 Å². The molecule has 0 aliphatic carbocycles. The monoisotopic (exact) mass is 152 g/mol. The number of hydrogen-bond acceptors (Lipinski definition) is 2. The molecule has 0 saturated heterocycles. The number of halogens is 1. The summed E-state index contributed by atoms with van der Waals surface area (Å²) in [6, 6.07) is 0. The second-order valence-corrected chi connectivity index (χ2v) is 1.67. The first kappa shape index (κ1) is 11.3. The van der Waals surface area contributed by atoms with Gasteiger partial charge in [-0.1, -0.05) is 7.43 Å². The van der Waals surface area contributed by atoms with Gasteiger partial charge in [0, 0.05) is 6.42 Å². The lowest BCUT2D eigenvalue weighted by Crippen LogP contribution is -1.96. The van der Waals surface area contributed by atoms with Crippen LogP contribution < -0.4 is 0 Å². The van der Waals surface area contributed by atoms with Gasteiger partial charge in [-0.3, -0.25) is 9.59 Å². The molecule has 0 saturated carbocycles. The van der Waals surface area contributed by atoms with E-state index in [0.717, 1.165) is 0 Å². The van der Waals surface area contributed by atoms with Gasteiger partial charge in [-0.25, -0.2) is 0 Å². The maximum atomic E-state index is 9.85. The predicted molar refractivity (Wildman–Crippen MR) is 34.5 cm³/mol. The van der Waals surface area contributed by atoms with Crippen molar-refractivity contribution in [3.05, 3.63) is 0 Å². The SMILES string of the molecule is C.O=C(O)CCC(=O)Cl. The van der Waals surface area contributed by atoms with E-state index >= 15 is 0 Å². The Balaban J connectivity index is 0. The molecule has 9 heavy (non-hydrogen) atoms. The molecule has 3 nitrogen and oxygen atoms in total. The number of carboxylic acids is 1. The van der Waals surface area contributed by atoms with Crippen LogP contribution in [0.1, 0.15) is 20.3 Å². The second-order valence-electron chi connectivity index (χ2n) is 1.25. The zero-order valence-electron chi connectivity index (χ0n) is 4.06. The van der Waals surface area contributed by atoms with Gasteiger partial charge in [-0.05, 0) is 11.6 Å². The van der Waals surface area contributed by atoms with Crippen molar-refractivity contribution in [3.8, 4) is 0 Å². The topological polar surface area (TPSA) is 54.4 Å². The van der Waals surface area contributed by atoms with Crippen LogP contribution in [0.3, 0.4) is 0 Å². The van der Waals surface area contributed by atoms with E-state index in [1.807, 2.05) is 0 Å². The van der Waals surface area contributed by atoms with Crippen molar-refractivity contribution in [3.63, 3.8) is 0 Å². The molecule has 0 radical (unpaired) electrons. The molecule has 4 heteroatoms. The fourth-order valence-corrected chi connectivity index (χ4v) is 0.300. The van der Waals surface area contributed by atoms with Crippen LogP contribution in [0, 0.1) is 0 Å². The number of carbonyl (C=O) groups is 2. The third kappa shape index (κ3) is 11.2. The van der Waals surface area contributed by atoms with E-state index in [9.17, 15) is 9.59 Å². The summed E-state index contributed by atoms with van der Waals surface area (Å²) in [7, 11) is 0. The molecular weight excluding hydrogens is 144 g/mol. The van der Waals surface area contributed by atoms with Gasteiger partial charge in [0.25, 0.3) is 0 Å². The molecule has 0 bridgehead atoms. The van der Waals surface area contributed by atoms with Crippen LogP contribution in [-0.2, 0) is 9.59 Å². The van der Waals surface area contributed by atoms with E-state index in [1.54, 1.807) is 0 Å². The van der Waals surface area contributed by atoms with E-state index in [2.05, 4.69) is 0 Å². The van der Waals surface area contributed by atoms with Gasteiger partial charge >= 0.3 is 5.97 Å². The molecule has 54 valence electrons. The van der Waals surface area contributed by atoms with Gasteiger partial charge in [0.2, 0.25) is 5.24 Å². The predicted octanol–water partition coefficient (Wildman–Crippen LogP) is 1.25. The quantitative estimate of drug-likeness (QED) is 0.620. The Morgan fingerprint density at radius 2 is 1.78 bits per heavy atom. The minimum atomic E-state index is -1.00. The Morgan fingerprint density at radius 3 is 1.89 bits per heavy atom. The third-order valence-electron chi connectivity index (χ3n) is 0.535. The fourth-order valence-electron chi connectivity index (χ4n) is 0.205. The lowest BCUT2D eigenvalue weighted by atomic mass is 10.3. The summed E-state index contributed by atoms with van der Waals surface area (Å²) in [6.07, 6.45) is -0.265. The molecule has 0 fully saturated rings. The number of carbonyl (C=O) groups excluding carboxylic acids is 1. The average Bonchev–Trinajstić information content (AvgIpc) is 1.61. The Kier molecular flexibility index (Phi) is 6.96. The first-order valence-corrected chi connectivity index (χ1v) is 2.41. The second kappa shape index (κ2) is 5.56. The summed E-state index contributed by atoms with van der Waals surface area (Å²) in [6.45, 7) is 0. The molecule has 0 spiro atoms. The van der Waals surface area contributed by atoms with Crippen LogP contribution in [0.4, 0.5) is 0 Å². The Hall–Kier alpha value is -0.570. The highest BCUT2D eigenvalue weighted by Crippen LogP contribution is 1.92. The summed E-state index contributed by atoms with van der Waals surface area (Å²) >= 11 is 4.82. The van der Waals surface area contributed by atoms with Crippen LogP contribution in [0.5, 0.6) is 0 Å². The van der Waals surface area contributed by atoms with Crippen molar-refractivity contribution in [2.45, 2.75) is 20.3 Å². The van der Waals surface area contributed by atoms with Gasteiger partial charge in [0.05, 0.1) is 6.42 Å². The van der Waals surface area contributed by atoms with Crippen molar-refractivity contribution < 1.29 is 14.7 Å². The molecule has 0 heterocycles. The highest BCUT2D eigenvalue weighted by molar-refractivity contribution is 6.63. The zero-order valence-corrected chi connectivity index (χ0v) is 4.81. The maximum Gasteiger partial charge on any atom is 0.303 e. The van der Waals surface area contributed by atoms with Gasteiger partial charge in [-0.2, -0.15) is 0 Å². The average molecular weight is 153 g/mol. The van der Waals surface area contributed by atoms with Crippen molar-refractivity contribution in [1.82, 2.24) is 0 Å². The van der Waals surface area contributed by atoms with Gasteiger partial charge in [0.15, 0.2) is 0 Å². The van der Waals surface area contributed by atoms with Crippen LogP contribution >= 0.6 is 11.6 Å². The van der Waals surface area contributed by atoms with Gasteiger partial charge < -0.3 is 5.11 Å². The Morgan fingerprint density at radius 1 is 1.33 bits per heavy atom. The summed E-state index contributed by atoms with van der Waals surface area (Å²) in [5, 5.41) is 7.35. The number of carboxylic acid groups (broad SMARTS) is 1. The van der Waals surface area contributed by atoms with E-state index < -0.39 is 11.2 Å². The smallest absolute Gasteiger partial charge is 0.303 e. The van der Waals surface area contributed by atoms with Crippen LogP contribution in [0.2, 0.25) is 0 Å². The molecule has 0 aromatic heterocycles. The Labute approximate surface area is 58.6 Å². The summed E-state index contributed by atoms with van der Waals surface area (Å²) in [5.74, 6) is -1.00. The Bertz CT molecular complexity index is 96.8. The van der Waals surface area contributed by atoms with E-state index in [4.69, 9.17) is 16.7 Å². The lowest BCUT2D eigenvalue weighted by molar-refractivity contribution is -0.138. The highest BCUT2D eigenvalue weighted by Gasteiger charge is 1.99. The number of rotatable bonds is 3. The standard InChI is InChI=1S/C4H5ClO3.CH4/c5-3(6)1-2-4(7)8;/h1-2H2,(H,7,8);1H4. The molecule has 0 unspecified atom stereocenters.